The number of nitrogens with zero attached hydrogens (tertiary/aromatic N) is 3. The molecule has 2 aliphatic heterocycles. The summed E-state index contributed by atoms with van der Waals surface area (Å²) in [5.74, 6) is 1.58. The fourth-order valence-corrected chi connectivity index (χ4v) is 5.01. The van der Waals surface area contributed by atoms with Crippen LogP contribution in [0.1, 0.15) is 35.3 Å². The predicted octanol–water partition coefficient (Wildman–Crippen LogP) is 5.25. The predicted molar refractivity (Wildman–Crippen MR) is 143 cm³/mol. The van der Waals surface area contributed by atoms with Crippen molar-refractivity contribution in [3.8, 4) is 5.75 Å². The van der Waals surface area contributed by atoms with Gasteiger partial charge in [-0.05, 0) is 53.8 Å². The molecule has 5 heteroatoms. The molecule has 0 radical (unpaired) electrons. The largest absolute Gasteiger partial charge is 0.491 e. The van der Waals surface area contributed by atoms with E-state index in [1.54, 1.807) is 0 Å². The summed E-state index contributed by atoms with van der Waals surface area (Å²) in [4.78, 5) is 20.1. The number of carbonyl (C=O) groups is 1. The molecule has 3 aromatic rings. The van der Waals surface area contributed by atoms with E-state index in [-0.39, 0.29) is 5.91 Å². The summed E-state index contributed by atoms with van der Waals surface area (Å²) in [6, 6.07) is 24.8. The molecule has 0 atom stereocenters. The monoisotopic (exact) mass is 469 g/mol. The summed E-state index contributed by atoms with van der Waals surface area (Å²) in [5, 5.41) is 0. The minimum atomic E-state index is 0.0969. The number of benzene rings is 3. The molecule has 5 rings (SSSR count). The number of hydrogen-bond acceptors (Lipinski definition) is 4. The zero-order chi connectivity index (χ0) is 24.2. The van der Waals surface area contributed by atoms with E-state index in [1.165, 1.54) is 16.8 Å². The van der Waals surface area contributed by atoms with Crippen molar-refractivity contribution in [2.75, 3.05) is 49.1 Å². The Hall–Kier alpha value is -3.31. The summed E-state index contributed by atoms with van der Waals surface area (Å²) in [7, 11) is 0. The van der Waals surface area contributed by atoms with E-state index in [4.69, 9.17) is 4.74 Å². The fraction of sp³-hybridized carbons (Fsp3) is 0.367. The number of carbonyl (C=O) groups excluding carboxylic acids is 1. The van der Waals surface area contributed by atoms with Gasteiger partial charge in [-0.15, -0.1) is 0 Å². The van der Waals surface area contributed by atoms with Crippen molar-refractivity contribution in [1.29, 1.82) is 0 Å². The number of ether oxygens (including phenoxy) is 1. The van der Waals surface area contributed by atoms with Crippen LogP contribution in [0.5, 0.6) is 5.75 Å². The third-order valence-corrected chi connectivity index (χ3v) is 6.86. The molecule has 0 aromatic heterocycles. The zero-order valence-corrected chi connectivity index (χ0v) is 20.8. The van der Waals surface area contributed by atoms with Gasteiger partial charge in [0.1, 0.15) is 5.75 Å². The molecule has 5 nitrogen and oxygen atoms in total. The first-order chi connectivity index (χ1) is 17.1. The minimum Gasteiger partial charge on any atom is -0.491 e. The Morgan fingerprint density at radius 1 is 0.857 bits per heavy atom. The number of hydrogen-bond donors (Lipinski definition) is 0. The molecule has 0 saturated carbocycles. The summed E-state index contributed by atoms with van der Waals surface area (Å²) in [5.41, 5.74) is 5.46. The molecule has 182 valence electrons. The Balaban J connectivity index is 1.20. The van der Waals surface area contributed by atoms with Gasteiger partial charge < -0.3 is 14.5 Å². The van der Waals surface area contributed by atoms with Crippen LogP contribution in [-0.4, -0.2) is 50.1 Å². The Labute approximate surface area is 208 Å². The Morgan fingerprint density at radius 2 is 1.60 bits per heavy atom. The van der Waals surface area contributed by atoms with Crippen molar-refractivity contribution in [3.05, 3.63) is 89.5 Å². The molecule has 2 aliphatic rings. The second-order valence-electron chi connectivity index (χ2n) is 9.97. The van der Waals surface area contributed by atoms with Gasteiger partial charge in [0.25, 0.3) is 5.91 Å². The van der Waals surface area contributed by atoms with Gasteiger partial charge in [-0.3, -0.25) is 9.69 Å². The molecule has 0 spiro atoms. The third-order valence-electron chi connectivity index (χ3n) is 6.86. The number of piperazine rings is 1. The van der Waals surface area contributed by atoms with E-state index >= 15 is 0 Å². The first-order valence-corrected chi connectivity index (χ1v) is 12.8. The highest BCUT2D eigenvalue weighted by Gasteiger charge is 2.25. The van der Waals surface area contributed by atoms with Crippen LogP contribution in [0.3, 0.4) is 0 Å². The molecule has 1 amide bonds. The fourth-order valence-electron chi connectivity index (χ4n) is 5.01. The van der Waals surface area contributed by atoms with Crippen molar-refractivity contribution in [2.45, 2.75) is 26.8 Å². The van der Waals surface area contributed by atoms with Crippen LogP contribution in [0.15, 0.2) is 72.8 Å². The Kier molecular flexibility index (Phi) is 7.05. The van der Waals surface area contributed by atoms with Crippen LogP contribution < -0.4 is 14.5 Å². The van der Waals surface area contributed by atoms with E-state index < -0.39 is 0 Å². The van der Waals surface area contributed by atoms with Gasteiger partial charge in [0.05, 0.1) is 12.3 Å². The molecule has 0 aliphatic carbocycles. The zero-order valence-electron chi connectivity index (χ0n) is 20.8. The lowest BCUT2D eigenvalue weighted by Crippen LogP contribution is -2.46. The Bertz CT molecular complexity index is 1170. The first kappa shape index (κ1) is 23.4. The van der Waals surface area contributed by atoms with Crippen molar-refractivity contribution >= 4 is 17.3 Å². The maximum Gasteiger partial charge on any atom is 0.258 e. The van der Waals surface area contributed by atoms with Gasteiger partial charge in [-0.1, -0.05) is 56.3 Å². The van der Waals surface area contributed by atoms with Crippen molar-refractivity contribution in [2.24, 2.45) is 5.92 Å². The smallest absolute Gasteiger partial charge is 0.258 e. The topological polar surface area (TPSA) is 36.0 Å². The summed E-state index contributed by atoms with van der Waals surface area (Å²) >= 11 is 0. The molecule has 2 heterocycles. The Morgan fingerprint density at radius 3 is 2.40 bits per heavy atom. The van der Waals surface area contributed by atoms with Gasteiger partial charge in [-0.2, -0.15) is 0 Å². The van der Waals surface area contributed by atoms with Crippen LogP contribution in [0.2, 0.25) is 0 Å². The number of fused-ring (bicyclic) bond motifs is 1. The number of amides is 1. The van der Waals surface area contributed by atoms with Gasteiger partial charge in [0, 0.05) is 50.5 Å². The molecule has 0 bridgehead atoms. The highest BCUT2D eigenvalue weighted by molar-refractivity contribution is 6.07. The van der Waals surface area contributed by atoms with E-state index in [2.05, 4.69) is 66.1 Å². The lowest BCUT2D eigenvalue weighted by molar-refractivity contribution is 0.0989. The maximum absolute atomic E-state index is 13.3. The van der Waals surface area contributed by atoms with Crippen LogP contribution in [0.25, 0.3) is 0 Å². The second-order valence-corrected chi connectivity index (χ2v) is 9.97. The van der Waals surface area contributed by atoms with Gasteiger partial charge in [0.15, 0.2) is 0 Å². The first-order valence-electron chi connectivity index (χ1n) is 12.8. The molecule has 0 N–H and O–H groups in total. The van der Waals surface area contributed by atoms with Crippen molar-refractivity contribution in [1.82, 2.24) is 4.90 Å². The molecular weight excluding hydrogens is 434 g/mol. The lowest BCUT2D eigenvalue weighted by atomic mass is 10.1. The standard InChI is InChI=1S/C30H35N3O2/c1-23(2)22-35-29-13-6-5-12-28(29)32-18-16-31(17-19-32)21-24-8-7-10-26(20-24)30(34)33-15-14-25-9-3-4-11-27(25)33/h3-13,20,23H,14-19,21-22H2,1-2H3. The normalized spacial score (nSPS) is 16.0. The van der Waals surface area contributed by atoms with Crippen LogP contribution in [0.4, 0.5) is 11.4 Å². The number of rotatable bonds is 7. The maximum atomic E-state index is 13.3. The lowest BCUT2D eigenvalue weighted by Gasteiger charge is -2.36. The minimum absolute atomic E-state index is 0.0969. The average Bonchev–Trinajstić information content (AvgIpc) is 3.32. The molecule has 1 fully saturated rings. The number of para-hydroxylation sites is 3. The summed E-state index contributed by atoms with van der Waals surface area (Å²) in [6.07, 6.45) is 0.928. The molecular formula is C30H35N3O2. The number of anilines is 2. The highest BCUT2D eigenvalue weighted by Crippen LogP contribution is 2.30. The van der Waals surface area contributed by atoms with E-state index in [0.717, 1.165) is 69.3 Å². The van der Waals surface area contributed by atoms with Gasteiger partial charge in [0.2, 0.25) is 0 Å². The second kappa shape index (κ2) is 10.5. The van der Waals surface area contributed by atoms with Gasteiger partial charge in [-0.25, -0.2) is 0 Å². The molecule has 3 aromatic carbocycles. The molecule has 1 saturated heterocycles. The van der Waals surface area contributed by atoms with Crippen molar-refractivity contribution < 1.29 is 9.53 Å². The van der Waals surface area contributed by atoms with Gasteiger partial charge >= 0.3 is 0 Å². The third kappa shape index (κ3) is 5.35. The summed E-state index contributed by atoms with van der Waals surface area (Å²) in [6.45, 7) is 10.6. The summed E-state index contributed by atoms with van der Waals surface area (Å²) < 4.78 is 6.08. The van der Waals surface area contributed by atoms with Crippen LogP contribution in [0, 0.1) is 5.92 Å². The van der Waals surface area contributed by atoms with Crippen molar-refractivity contribution in [3.63, 3.8) is 0 Å². The highest BCUT2D eigenvalue weighted by atomic mass is 16.5. The van der Waals surface area contributed by atoms with E-state index in [1.807, 2.05) is 35.2 Å². The average molecular weight is 470 g/mol. The van der Waals surface area contributed by atoms with E-state index in [0.29, 0.717) is 5.92 Å². The molecule has 35 heavy (non-hydrogen) atoms. The SMILES string of the molecule is CC(C)COc1ccccc1N1CCN(Cc2cccc(C(=O)N3CCc4ccccc43)c2)CC1. The van der Waals surface area contributed by atoms with E-state index in [9.17, 15) is 4.79 Å². The van der Waals surface area contributed by atoms with Crippen LogP contribution in [-0.2, 0) is 13.0 Å². The quantitative estimate of drug-likeness (QED) is 0.474. The molecule has 0 unspecified atom stereocenters. The van der Waals surface area contributed by atoms with Crippen LogP contribution >= 0.6 is 0 Å².